The number of benzene rings is 3. The number of nitro groups is 1. The number of hydrogen-bond donors (Lipinski definition) is 1. The minimum Gasteiger partial charge on any atom is -0.321 e. The lowest BCUT2D eigenvalue weighted by molar-refractivity contribution is -0.384. The molecule has 1 aromatic heterocycles. The van der Waals surface area contributed by atoms with Crippen molar-refractivity contribution < 1.29 is 9.72 Å². The van der Waals surface area contributed by atoms with Gasteiger partial charge in [0.25, 0.3) is 11.6 Å². The van der Waals surface area contributed by atoms with Crippen LogP contribution in [0, 0.1) is 10.1 Å². The Labute approximate surface area is 166 Å². The van der Waals surface area contributed by atoms with Crippen LogP contribution in [0.2, 0.25) is 0 Å². The SMILES string of the molecule is O=C(Nc1ccccc1)c1nn(-c2ccccc2)cc1-c1ccc([N+](=O)[O-])cc1. The predicted octanol–water partition coefficient (Wildman–Crippen LogP) is 4.70. The summed E-state index contributed by atoms with van der Waals surface area (Å²) in [7, 11) is 0. The molecule has 142 valence electrons. The lowest BCUT2D eigenvalue weighted by Crippen LogP contribution is -2.14. The number of rotatable bonds is 5. The highest BCUT2D eigenvalue weighted by molar-refractivity contribution is 6.07. The fraction of sp³-hybridized carbons (Fsp3) is 0. The molecule has 0 bridgehead atoms. The van der Waals surface area contributed by atoms with Gasteiger partial charge in [0, 0.05) is 29.6 Å². The highest BCUT2D eigenvalue weighted by Gasteiger charge is 2.20. The molecule has 1 heterocycles. The Morgan fingerprint density at radius 3 is 2.14 bits per heavy atom. The summed E-state index contributed by atoms with van der Waals surface area (Å²) in [6, 6.07) is 24.6. The Hall–Kier alpha value is -4.26. The summed E-state index contributed by atoms with van der Waals surface area (Å²) in [5.41, 5.74) is 2.91. The van der Waals surface area contributed by atoms with Gasteiger partial charge in [-0.05, 0) is 42.0 Å². The largest absolute Gasteiger partial charge is 0.321 e. The molecule has 0 fully saturated rings. The van der Waals surface area contributed by atoms with Crippen LogP contribution >= 0.6 is 0 Å². The van der Waals surface area contributed by atoms with Gasteiger partial charge in [0.05, 0.1) is 10.6 Å². The van der Waals surface area contributed by atoms with Crippen LogP contribution in [-0.2, 0) is 0 Å². The van der Waals surface area contributed by atoms with E-state index in [0.29, 0.717) is 16.8 Å². The maximum Gasteiger partial charge on any atom is 0.276 e. The van der Waals surface area contributed by atoms with Crippen molar-refractivity contribution in [1.82, 2.24) is 9.78 Å². The van der Waals surface area contributed by atoms with Crippen LogP contribution in [0.3, 0.4) is 0 Å². The average Bonchev–Trinajstić information content (AvgIpc) is 3.21. The zero-order chi connectivity index (χ0) is 20.2. The summed E-state index contributed by atoms with van der Waals surface area (Å²) in [4.78, 5) is 23.4. The number of non-ortho nitro benzene ring substituents is 1. The van der Waals surface area contributed by atoms with E-state index < -0.39 is 4.92 Å². The van der Waals surface area contributed by atoms with Crippen molar-refractivity contribution in [3.05, 3.63) is 107 Å². The standard InChI is InChI=1S/C22H16N4O3/c27-22(23-17-7-3-1-4-8-17)21-20(16-11-13-19(14-12-16)26(28)29)15-25(24-21)18-9-5-2-6-10-18/h1-15H,(H,23,27). The highest BCUT2D eigenvalue weighted by atomic mass is 16.6. The second-order valence-electron chi connectivity index (χ2n) is 6.30. The van der Waals surface area contributed by atoms with Gasteiger partial charge in [-0.3, -0.25) is 14.9 Å². The van der Waals surface area contributed by atoms with Gasteiger partial charge in [-0.1, -0.05) is 36.4 Å². The molecule has 29 heavy (non-hydrogen) atoms. The Kier molecular flexibility index (Phi) is 4.86. The number of anilines is 1. The number of amides is 1. The number of hydrogen-bond acceptors (Lipinski definition) is 4. The summed E-state index contributed by atoms with van der Waals surface area (Å²) in [6.07, 6.45) is 1.75. The molecule has 3 aromatic carbocycles. The van der Waals surface area contributed by atoms with Crippen LogP contribution in [0.1, 0.15) is 10.5 Å². The molecule has 0 radical (unpaired) electrons. The molecule has 1 N–H and O–H groups in total. The summed E-state index contributed by atoms with van der Waals surface area (Å²) in [6.45, 7) is 0. The zero-order valence-corrected chi connectivity index (χ0v) is 15.2. The highest BCUT2D eigenvalue weighted by Crippen LogP contribution is 2.27. The van der Waals surface area contributed by atoms with Crippen molar-refractivity contribution in [2.75, 3.05) is 5.32 Å². The third-order valence-electron chi connectivity index (χ3n) is 4.37. The van der Waals surface area contributed by atoms with Crippen molar-refractivity contribution >= 4 is 17.3 Å². The van der Waals surface area contributed by atoms with Gasteiger partial charge >= 0.3 is 0 Å². The number of nitro benzene ring substituents is 1. The Morgan fingerprint density at radius 1 is 0.897 bits per heavy atom. The van der Waals surface area contributed by atoms with E-state index in [2.05, 4.69) is 10.4 Å². The normalized spacial score (nSPS) is 10.5. The van der Waals surface area contributed by atoms with Crippen molar-refractivity contribution in [1.29, 1.82) is 0 Å². The third-order valence-corrected chi connectivity index (χ3v) is 4.37. The molecule has 0 spiro atoms. The van der Waals surface area contributed by atoms with Crippen LogP contribution < -0.4 is 5.32 Å². The minimum absolute atomic E-state index is 0.0144. The van der Waals surface area contributed by atoms with Crippen LogP contribution in [0.25, 0.3) is 16.8 Å². The average molecular weight is 384 g/mol. The number of carbonyl (C=O) groups excluding carboxylic acids is 1. The van der Waals surface area contributed by atoms with E-state index >= 15 is 0 Å². The van der Waals surface area contributed by atoms with E-state index in [1.807, 2.05) is 48.5 Å². The van der Waals surface area contributed by atoms with Gasteiger partial charge in [0.1, 0.15) is 0 Å². The van der Waals surface area contributed by atoms with E-state index in [9.17, 15) is 14.9 Å². The Morgan fingerprint density at radius 2 is 1.52 bits per heavy atom. The summed E-state index contributed by atoms with van der Waals surface area (Å²) in [5.74, 6) is -0.362. The van der Waals surface area contributed by atoms with E-state index in [0.717, 1.165) is 5.69 Å². The topological polar surface area (TPSA) is 90.1 Å². The predicted molar refractivity (Wildman–Crippen MR) is 110 cm³/mol. The monoisotopic (exact) mass is 384 g/mol. The number of carbonyl (C=O) groups is 1. The quantitative estimate of drug-likeness (QED) is 0.399. The van der Waals surface area contributed by atoms with E-state index in [1.165, 1.54) is 12.1 Å². The first-order chi connectivity index (χ1) is 14.1. The van der Waals surface area contributed by atoms with Gasteiger partial charge in [0.15, 0.2) is 5.69 Å². The molecule has 0 aliphatic carbocycles. The molecule has 4 aromatic rings. The first kappa shape index (κ1) is 18.1. The molecule has 7 heteroatoms. The van der Waals surface area contributed by atoms with Crippen LogP contribution in [0.15, 0.2) is 91.1 Å². The summed E-state index contributed by atoms with van der Waals surface area (Å²) in [5, 5.41) is 18.3. The summed E-state index contributed by atoms with van der Waals surface area (Å²) < 4.78 is 1.62. The van der Waals surface area contributed by atoms with Gasteiger partial charge in [-0.2, -0.15) is 5.10 Å². The fourth-order valence-corrected chi connectivity index (χ4v) is 2.94. The first-order valence-electron chi connectivity index (χ1n) is 8.88. The maximum atomic E-state index is 12.9. The fourth-order valence-electron chi connectivity index (χ4n) is 2.94. The van der Waals surface area contributed by atoms with Crippen molar-refractivity contribution in [3.8, 4) is 16.8 Å². The molecule has 0 saturated carbocycles. The van der Waals surface area contributed by atoms with Crippen molar-refractivity contribution in [2.24, 2.45) is 0 Å². The van der Waals surface area contributed by atoms with E-state index in [1.54, 1.807) is 35.1 Å². The van der Waals surface area contributed by atoms with Gasteiger partial charge in [0.2, 0.25) is 0 Å². The van der Waals surface area contributed by atoms with Crippen LogP contribution in [0.5, 0.6) is 0 Å². The molecular formula is C22H16N4O3. The van der Waals surface area contributed by atoms with Gasteiger partial charge in [-0.25, -0.2) is 4.68 Å². The summed E-state index contributed by atoms with van der Waals surface area (Å²) >= 11 is 0. The third kappa shape index (κ3) is 3.89. The minimum atomic E-state index is -0.458. The molecular weight excluding hydrogens is 368 g/mol. The molecule has 0 atom stereocenters. The number of nitrogens with one attached hydrogen (secondary N) is 1. The smallest absolute Gasteiger partial charge is 0.276 e. The Bertz CT molecular complexity index is 1150. The van der Waals surface area contributed by atoms with Gasteiger partial charge < -0.3 is 5.32 Å². The first-order valence-corrected chi connectivity index (χ1v) is 8.88. The number of para-hydroxylation sites is 2. The lowest BCUT2D eigenvalue weighted by atomic mass is 10.1. The molecule has 0 unspecified atom stereocenters. The van der Waals surface area contributed by atoms with Crippen molar-refractivity contribution in [3.63, 3.8) is 0 Å². The molecule has 0 saturated heterocycles. The maximum absolute atomic E-state index is 12.9. The Balaban J connectivity index is 1.76. The van der Waals surface area contributed by atoms with Crippen LogP contribution in [0.4, 0.5) is 11.4 Å². The van der Waals surface area contributed by atoms with Crippen molar-refractivity contribution in [2.45, 2.75) is 0 Å². The van der Waals surface area contributed by atoms with E-state index in [4.69, 9.17) is 0 Å². The molecule has 1 amide bonds. The van der Waals surface area contributed by atoms with Crippen LogP contribution in [-0.4, -0.2) is 20.6 Å². The molecule has 4 rings (SSSR count). The molecule has 0 aliphatic rings. The second-order valence-corrected chi connectivity index (χ2v) is 6.30. The number of nitrogens with zero attached hydrogens (tertiary/aromatic N) is 3. The molecule has 7 nitrogen and oxygen atoms in total. The number of aromatic nitrogens is 2. The lowest BCUT2D eigenvalue weighted by Gasteiger charge is -2.05. The van der Waals surface area contributed by atoms with E-state index in [-0.39, 0.29) is 17.3 Å². The molecule has 0 aliphatic heterocycles. The second kappa shape index (κ2) is 7.77. The van der Waals surface area contributed by atoms with Gasteiger partial charge in [-0.15, -0.1) is 0 Å². The zero-order valence-electron chi connectivity index (χ0n) is 15.2.